The highest BCUT2D eigenvalue weighted by molar-refractivity contribution is 5.82. The Hall–Kier alpha value is -2.69. The molecule has 0 spiro atoms. The molecule has 1 aliphatic carbocycles. The molecular formula is C22H21NO3. The molecule has 3 atom stereocenters. The van der Waals surface area contributed by atoms with Crippen LogP contribution in [0.2, 0.25) is 0 Å². The molecule has 0 radical (unpaired) electrons. The number of carbonyl (C=O) groups excluding carboxylic acids is 1. The van der Waals surface area contributed by atoms with Gasteiger partial charge in [0.15, 0.2) is 6.10 Å². The van der Waals surface area contributed by atoms with Crippen molar-refractivity contribution in [1.82, 2.24) is 5.32 Å². The molecule has 26 heavy (non-hydrogen) atoms. The minimum Gasteiger partial charge on any atom is -0.368 e. The molecule has 1 saturated heterocycles. The van der Waals surface area contributed by atoms with Gasteiger partial charge in [0.05, 0.1) is 12.6 Å². The Bertz CT molecular complexity index is 761. The van der Waals surface area contributed by atoms with E-state index in [1.165, 1.54) is 0 Å². The zero-order valence-corrected chi connectivity index (χ0v) is 14.3. The van der Waals surface area contributed by atoms with E-state index in [2.05, 4.69) is 5.32 Å². The van der Waals surface area contributed by atoms with Crippen molar-refractivity contribution in [3.05, 3.63) is 96.1 Å². The molecule has 0 unspecified atom stereocenters. The summed E-state index contributed by atoms with van der Waals surface area (Å²) in [4.78, 5) is 12.9. The van der Waals surface area contributed by atoms with Crippen LogP contribution in [-0.4, -0.2) is 30.8 Å². The topological polar surface area (TPSA) is 47.6 Å². The summed E-state index contributed by atoms with van der Waals surface area (Å²) in [5.74, 6) is -0.163. The third kappa shape index (κ3) is 3.62. The first-order chi connectivity index (χ1) is 12.8. The summed E-state index contributed by atoms with van der Waals surface area (Å²) in [6.45, 7) is 0.251. The first-order valence-corrected chi connectivity index (χ1v) is 8.83. The van der Waals surface area contributed by atoms with Gasteiger partial charge in [0.2, 0.25) is 0 Å². The second kappa shape index (κ2) is 7.68. The van der Waals surface area contributed by atoms with E-state index in [4.69, 9.17) is 9.47 Å². The maximum absolute atomic E-state index is 12.9. The SMILES string of the molecule is O=C(NC(c1ccccc1)c1ccccc1)[C@@H]1CO[C@H]2C=CC=C[C@H]2O1. The summed E-state index contributed by atoms with van der Waals surface area (Å²) in [6, 6.07) is 19.7. The number of nitrogens with one attached hydrogen (secondary N) is 1. The second-order valence-corrected chi connectivity index (χ2v) is 6.42. The highest BCUT2D eigenvalue weighted by atomic mass is 16.6. The number of rotatable bonds is 4. The number of carbonyl (C=O) groups is 1. The van der Waals surface area contributed by atoms with Crippen molar-refractivity contribution in [3.8, 4) is 0 Å². The molecule has 4 rings (SSSR count). The van der Waals surface area contributed by atoms with Crippen LogP contribution in [0, 0.1) is 0 Å². The lowest BCUT2D eigenvalue weighted by Gasteiger charge is -2.35. The normalized spacial score (nSPS) is 24.3. The van der Waals surface area contributed by atoms with E-state index in [0.717, 1.165) is 11.1 Å². The van der Waals surface area contributed by atoms with E-state index < -0.39 is 6.10 Å². The molecule has 2 aromatic carbocycles. The number of fused-ring (bicyclic) bond motifs is 1. The number of ether oxygens (including phenoxy) is 2. The Morgan fingerprint density at radius 3 is 2.08 bits per heavy atom. The van der Waals surface area contributed by atoms with Crippen LogP contribution in [0.5, 0.6) is 0 Å². The van der Waals surface area contributed by atoms with Crippen LogP contribution >= 0.6 is 0 Å². The molecule has 2 aromatic rings. The van der Waals surface area contributed by atoms with Crippen molar-refractivity contribution in [2.24, 2.45) is 0 Å². The molecule has 1 amide bonds. The average Bonchev–Trinajstić information content (AvgIpc) is 2.72. The van der Waals surface area contributed by atoms with Crippen LogP contribution in [0.25, 0.3) is 0 Å². The lowest BCUT2D eigenvalue weighted by Crippen LogP contribution is -2.50. The molecule has 1 N–H and O–H groups in total. The smallest absolute Gasteiger partial charge is 0.252 e. The predicted octanol–water partition coefficient (Wildman–Crippen LogP) is 3.17. The fourth-order valence-electron chi connectivity index (χ4n) is 3.29. The quantitative estimate of drug-likeness (QED) is 0.924. The van der Waals surface area contributed by atoms with Crippen molar-refractivity contribution in [2.75, 3.05) is 6.61 Å². The van der Waals surface area contributed by atoms with Gasteiger partial charge >= 0.3 is 0 Å². The number of hydrogen-bond donors (Lipinski definition) is 1. The highest BCUT2D eigenvalue weighted by Crippen LogP contribution is 2.24. The number of allylic oxidation sites excluding steroid dienone is 2. The van der Waals surface area contributed by atoms with Crippen molar-refractivity contribution < 1.29 is 14.3 Å². The van der Waals surface area contributed by atoms with Gasteiger partial charge in [-0.2, -0.15) is 0 Å². The summed E-state index contributed by atoms with van der Waals surface area (Å²) in [5.41, 5.74) is 2.06. The van der Waals surface area contributed by atoms with Gasteiger partial charge in [-0.05, 0) is 11.1 Å². The molecule has 0 saturated carbocycles. The van der Waals surface area contributed by atoms with Gasteiger partial charge in [-0.3, -0.25) is 4.79 Å². The fourth-order valence-corrected chi connectivity index (χ4v) is 3.29. The number of hydrogen-bond acceptors (Lipinski definition) is 3. The van der Waals surface area contributed by atoms with E-state index in [9.17, 15) is 4.79 Å². The minimum absolute atomic E-state index is 0.108. The molecule has 2 aliphatic rings. The van der Waals surface area contributed by atoms with Gasteiger partial charge in [-0.25, -0.2) is 0 Å². The Morgan fingerprint density at radius 1 is 0.885 bits per heavy atom. The van der Waals surface area contributed by atoms with Crippen molar-refractivity contribution in [1.29, 1.82) is 0 Å². The van der Waals surface area contributed by atoms with Crippen molar-refractivity contribution in [3.63, 3.8) is 0 Å². The number of benzene rings is 2. The molecule has 4 heteroatoms. The molecule has 0 bridgehead atoms. The van der Waals surface area contributed by atoms with Crippen LogP contribution in [0.1, 0.15) is 17.2 Å². The third-order valence-corrected chi connectivity index (χ3v) is 4.64. The van der Waals surface area contributed by atoms with E-state index in [-0.39, 0.29) is 30.8 Å². The maximum atomic E-state index is 12.9. The largest absolute Gasteiger partial charge is 0.368 e. The van der Waals surface area contributed by atoms with Crippen LogP contribution in [0.15, 0.2) is 85.0 Å². The minimum atomic E-state index is -0.623. The lowest BCUT2D eigenvalue weighted by molar-refractivity contribution is -0.168. The summed E-state index contributed by atoms with van der Waals surface area (Å²) in [7, 11) is 0. The van der Waals surface area contributed by atoms with Gasteiger partial charge in [0.1, 0.15) is 12.2 Å². The summed E-state index contributed by atoms with van der Waals surface area (Å²) in [5, 5.41) is 3.13. The van der Waals surface area contributed by atoms with Crippen LogP contribution < -0.4 is 5.32 Å². The van der Waals surface area contributed by atoms with Gasteiger partial charge in [0.25, 0.3) is 5.91 Å². The number of amides is 1. The van der Waals surface area contributed by atoms with Crippen LogP contribution in [-0.2, 0) is 14.3 Å². The Morgan fingerprint density at radius 2 is 1.46 bits per heavy atom. The zero-order chi connectivity index (χ0) is 17.8. The summed E-state index contributed by atoms with van der Waals surface area (Å²) in [6.07, 6.45) is 6.79. The second-order valence-electron chi connectivity index (χ2n) is 6.42. The van der Waals surface area contributed by atoms with Gasteiger partial charge < -0.3 is 14.8 Å². The average molecular weight is 347 g/mol. The van der Waals surface area contributed by atoms with Crippen LogP contribution in [0.4, 0.5) is 0 Å². The molecule has 1 heterocycles. The molecule has 0 aromatic heterocycles. The van der Waals surface area contributed by atoms with E-state index in [1.54, 1.807) is 0 Å². The van der Waals surface area contributed by atoms with E-state index >= 15 is 0 Å². The van der Waals surface area contributed by atoms with E-state index in [1.807, 2.05) is 85.0 Å². The van der Waals surface area contributed by atoms with Gasteiger partial charge in [-0.15, -0.1) is 0 Å². The maximum Gasteiger partial charge on any atom is 0.252 e. The first kappa shape index (κ1) is 16.8. The Kier molecular flexibility index (Phi) is 4.95. The zero-order valence-electron chi connectivity index (χ0n) is 14.3. The monoisotopic (exact) mass is 347 g/mol. The molecule has 1 fully saturated rings. The van der Waals surface area contributed by atoms with Gasteiger partial charge in [-0.1, -0.05) is 85.0 Å². The predicted molar refractivity (Wildman–Crippen MR) is 99.6 cm³/mol. The van der Waals surface area contributed by atoms with Crippen molar-refractivity contribution in [2.45, 2.75) is 24.4 Å². The molecule has 1 aliphatic heterocycles. The summed E-state index contributed by atoms with van der Waals surface area (Å²) < 4.78 is 11.7. The summed E-state index contributed by atoms with van der Waals surface area (Å²) >= 11 is 0. The standard InChI is InChI=1S/C22H21NO3/c24-22(20-15-25-18-13-7-8-14-19(18)26-20)23-21(16-9-3-1-4-10-16)17-11-5-2-6-12-17/h1-14,18-21H,15H2,(H,23,24)/t18-,19+,20-/m0/s1. The Balaban J connectivity index is 1.51. The first-order valence-electron chi connectivity index (χ1n) is 8.83. The van der Waals surface area contributed by atoms with Gasteiger partial charge in [0, 0.05) is 0 Å². The van der Waals surface area contributed by atoms with Crippen molar-refractivity contribution >= 4 is 5.91 Å². The van der Waals surface area contributed by atoms with E-state index in [0.29, 0.717) is 0 Å². The fraction of sp³-hybridized carbons (Fsp3) is 0.227. The van der Waals surface area contributed by atoms with Crippen LogP contribution in [0.3, 0.4) is 0 Å². The molecule has 132 valence electrons. The Labute approximate surface area is 153 Å². The highest BCUT2D eigenvalue weighted by Gasteiger charge is 2.34. The molecular weight excluding hydrogens is 326 g/mol. The third-order valence-electron chi connectivity index (χ3n) is 4.64. The lowest BCUT2D eigenvalue weighted by atomic mass is 9.98. The molecule has 4 nitrogen and oxygen atoms in total.